The maximum atomic E-state index is 14.6. The second kappa shape index (κ2) is 28.3. The van der Waals surface area contributed by atoms with Crippen LogP contribution in [0.4, 0.5) is 0 Å². The topological polar surface area (TPSA) is 242 Å². The third-order valence-corrected chi connectivity index (χ3v) is 15.4. The number of aliphatic hydroxyl groups excluding tert-OH is 1. The van der Waals surface area contributed by atoms with Gasteiger partial charge in [-0.05, 0) is 114 Å². The summed E-state index contributed by atoms with van der Waals surface area (Å²) >= 11 is 0. The van der Waals surface area contributed by atoms with E-state index in [0.717, 1.165) is 10.5 Å². The summed E-state index contributed by atoms with van der Waals surface area (Å²) in [6, 6.07) is -1.31. The zero-order valence-corrected chi connectivity index (χ0v) is 44.4. The van der Waals surface area contributed by atoms with Gasteiger partial charge in [0.05, 0.1) is 36.9 Å². The quantitative estimate of drug-likeness (QED) is 0.116. The van der Waals surface area contributed by atoms with Crippen LogP contribution in [0.5, 0.6) is 0 Å². The van der Waals surface area contributed by atoms with Gasteiger partial charge in [0.1, 0.15) is 41.7 Å². The molecular formula is C56H87NO16. The monoisotopic (exact) mass is 1040 g/mol. The lowest BCUT2D eigenvalue weighted by Gasteiger charge is -2.42. The van der Waals surface area contributed by atoms with E-state index in [4.69, 9.17) is 38.0 Å². The number of carbonyl (C=O) groups is 6. The van der Waals surface area contributed by atoms with Crippen LogP contribution in [-0.2, 0) is 57.2 Å². The number of cyclic esters (lactones) is 1. The molecule has 0 aromatic rings. The molecule has 15 atom stereocenters. The molecule has 4 aliphatic rings. The first-order valence-corrected chi connectivity index (χ1v) is 25.8. The van der Waals surface area contributed by atoms with Crippen LogP contribution in [0.25, 0.3) is 0 Å². The maximum absolute atomic E-state index is 14.6. The van der Waals surface area contributed by atoms with E-state index in [1.54, 1.807) is 34.6 Å². The first-order valence-electron chi connectivity index (χ1n) is 29.3. The number of ether oxygens (including phenoxy) is 6. The number of esters is 2. The van der Waals surface area contributed by atoms with Gasteiger partial charge in [0.2, 0.25) is 5.79 Å². The Hall–Kier alpha value is -3.94. The van der Waals surface area contributed by atoms with Gasteiger partial charge in [0, 0.05) is 62.6 Å². The zero-order chi connectivity index (χ0) is 60.5. The Kier molecular flexibility index (Phi) is 19.8. The van der Waals surface area contributed by atoms with E-state index in [9.17, 15) is 49.2 Å². The highest BCUT2D eigenvalue weighted by Crippen LogP contribution is 2.38. The molecule has 4 N–H and O–H groups in total. The number of aliphatic hydroxyl groups is 4. The van der Waals surface area contributed by atoms with E-state index in [0.29, 0.717) is 32.1 Å². The van der Waals surface area contributed by atoms with Crippen molar-refractivity contribution in [1.29, 1.82) is 0 Å². The van der Waals surface area contributed by atoms with E-state index >= 15 is 0 Å². The molecule has 3 aliphatic heterocycles. The molecule has 73 heavy (non-hydrogen) atoms. The van der Waals surface area contributed by atoms with Crippen molar-refractivity contribution in [3.05, 3.63) is 47.6 Å². The fourth-order valence-electron chi connectivity index (χ4n) is 10.6. The SMILES string of the molecule is [2H]C([2H])([2H])C(C(=O)O[C@@H]1CC[C@H](C[C@@H](C)[C@@H]2CC(=O)[C@H](C)/C=C(\C)[C@@H](O)[C@@H](OC)C(=O)[C@H](C)C[C@H](C)/C=C/C=C/C=C(\C)[C@@H](OC)C[C@@H]3CC[C@@H](C)[C@@](O)(O3)C(=O)C(=O)N3CCCC[C@H]3C(=O)O2)C[C@H]1OC)(C([2H])([2H])O)C([2H])([2H])O. The van der Waals surface area contributed by atoms with Crippen LogP contribution >= 0.6 is 0 Å². The first-order chi connectivity index (χ1) is 37.1. The van der Waals surface area contributed by atoms with E-state index < -0.39 is 133 Å². The number of ketones is 3. The molecule has 0 unspecified atom stereocenters. The predicted octanol–water partition coefficient (Wildman–Crippen LogP) is 5.72. The highest BCUT2D eigenvalue weighted by Gasteiger charge is 2.53. The number of hydrogen-bond acceptors (Lipinski definition) is 16. The van der Waals surface area contributed by atoms with Crippen LogP contribution in [0.3, 0.4) is 0 Å². The molecular weight excluding hydrogens is 943 g/mol. The van der Waals surface area contributed by atoms with Gasteiger partial charge in [0.25, 0.3) is 11.7 Å². The number of Topliss-reactive ketones (excluding diaryl/α,β-unsaturated/α-hetero) is 3. The summed E-state index contributed by atoms with van der Waals surface area (Å²) in [5, 5.41) is 44.2. The third-order valence-electron chi connectivity index (χ3n) is 15.4. The molecule has 1 amide bonds. The lowest BCUT2D eigenvalue weighted by molar-refractivity contribution is -0.265. The number of nitrogens with zero attached hydrogens (tertiary/aromatic N) is 1. The van der Waals surface area contributed by atoms with Crippen molar-refractivity contribution in [3.8, 4) is 0 Å². The molecule has 0 aromatic heterocycles. The summed E-state index contributed by atoms with van der Waals surface area (Å²) < 4.78 is 89.7. The predicted molar refractivity (Wildman–Crippen MR) is 271 cm³/mol. The lowest BCUT2D eigenvalue weighted by atomic mass is 9.78. The molecule has 0 aromatic carbocycles. The summed E-state index contributed by atoms with van der Waals surface area (Å²) in [5.74, 6) is -11.9. The van der Waals surface area contributed by atoms with Crippen molar-refractivity contribution in [3.63, 3.8) is 0 Å². The van der Waals surface area contributed by atoms with Crippen LogP contribution in [0.1, 0.15) is 142 Å². The van der Waals surface area contributed by atoms with E-state index in [1.165, 1.54) is 27.4 Å². The molecule has 1 saturated carbocycles. The number of hydrogen-bond donors (Lipinski definition) is 4. The standard InChI is InChI=1S/C56H87NO16/c1-33-17-13-12-14-18-34(2)45(68-9)29-41-22-20-39(7)56(67,73-41)51(63)52(64)57-24-16-15-19-42(57)53(65)71-46(30-43(60)35(3)26-38(6)49(62)50(70-11)48(61)37(5)25-33)36(4)27-40-21-23-44(47(28-40)69-10)72-54(66)55(8,31-58)32-59/h12-14,17-18,26,33,35-37,39-42,44-47,49-50,58-59,62,67H,15-16,19-25,27-32H2,1-11H3/b14-12+,17-13+,34-18+,38-26+/t33-,35-,36-,37-,39-,40-,41+,42+,44-,45+,46+,47-,49-,50+,56-/m1/s1/i8D3,31D2,32D2. The molecule has 0 spiro atoms. The highest BCUT2D eigenvalue weighted by atomic mass is 16.6. The van der Waals surface area contributed by atoms with Crippen LogP contribution in [0.15, 0.2) is 47.6 Å². The molecule has 3 fully saturated rings. The van der Waals surface area contributed by atoms with Crippen LogP contribution < -0.4 is 0 Å². The smallest absolute Gasteiger partial charge is 0.329 e. The summed E-state index contributed by atoms with van der Waals surface area (Å²) in [6.45, 7) is -0.202. The second-order valence-electron chi connectivity index (χ2n) is 20.9. The van der Waals surface area contributed by atoms with Crippen molar-refractivity contribution in [2.24, 2.45) is 40.9 Å². The number of allylic oxidation sites excluding steroid dienone is 6. The second-order valence-corrected chi connectivity index (χ2v) is 20.9. The van der Waals surface area contributed by atoms with Gasteiger partial charge in [-0.3, -0.25) is 24.0 Å². The first kappa shape index (κ1) is 51.2. The molecule has 0 radical (unpaired) electrons. The Morgan fingerprint density at radius 2 is 1.62 bits per heavy atom. The van der Waals surface area contributed by atoms with Gasteiger partial charge in [-0.2, -0.15) is 0 Å². The summed E-state index contributed by atoms with van der Waals surface area (Å²) in [4.78, 5) is 86.2. The Labute approximate surface area is 442 Å². The van der Waals surface area contributed by atoms with Crippen LogP contribution in [-0.4, -0.2) is 156 Å². The maximum Gasteiger partial charge on any atom is 0.329 e. The van der Waals surface area contributed by atoms with Gasteiger partial charge in [0.15, 0.2) is 5.78 Å². The Bertz CT molecular complexity index is 2260. The van der Waals surface area contributed by atoms with Crippen molar-refractivity contribution in [2.45, 2.75) is 187 Å². The molecule has 2 saturated heterocycles. The fraction of sp³-hybridized carbons (Fsp3) is 0.750. The molecule has 412 valence electrons. The number of carbonyl (C=O) groups excluding carboxylic acids is 6. The average Bonchev–Trinajstić information content (AvgIpc) is 3.36. The van der Waals surface area contributed by atoms with Crippen LogP contribution in [0.2, 0.25) is 0 Å². The normalized spacial score (nSPS) is 39.4. The van der Waals surface area contributed by atoms with Gasteiger partial charge in [-0.1, -0.05) is 71.1 Å². The third kappa shape index (κ3) is 16.0. The molecule has 17 nitrogen and oxygen atoms in total. The van der Waals surface area contributed by atoms with Gasteiger partial charge >= 0.3 is 11.9 Å². The van der Waals surface area contributed by atoms with Crippen LogP contribution in [0, 0.1) is 40.9 Å². The van der Waals surface area contributed by atoms with Crippen molar-refractivity contribution >= 4 is 35.2 Å². The number of fused-ring (bicyclic) bond motifs is 3. The average molecular weight is 1040 g/mol. The molecule has 3 heterocycles. The van der Waals surface area contributed by atoms with Crippen molar-refractivity contribution < 1.29 is 87.2 Å². The summed E-state index contributed by atoms with van der Waals surface area (Å²) in [5.41, 5.74) is -3.00. The minimum Gasteiger partial charge on any atom is -0.460 e. The fourth-order valence-corrected chi connectivity index (χ4v) is 10.6. The Morgan fingerprint density at radius 1 is 0.904 bits per heavy atom. The van der Waals surface area contributed by atoms with E-state index in [-0.39, 0.29) is 74.7 Å². The number of piperidine rings is 1. The molecule has 2 bridgehead atoms. The lowest BCUT2D eigenvalue weighted by Crippen LogP contribution is -2.61. The van der Waals surface area contributed by atoms with Gasteiger partial charge < -0.3 is 53.7 Å². The van der Waals surface area contributed by atoms with Gasteiger partial charge in [-0.15, -0.1) is 0 Å². The number of methoxy groups -OCH3 is 3. The number of rotatable bonds is 10. The molecule has 1 aliphatic carbocycles. The Balaban J connectivity index is 1.72. The minimum atomic E-state index is -4.14. The van der Waals surface area contributed by atoms with E-state index in [1.807, 2.05) is 44.2 Å². The molecule has 17 heteroatoms. The Morgan fingerprint density at radius 3 is 2.26 bits per heavy atom. The minimum absolute atomic E-state index is 0.0344. The molecule has 4 rings (SSSR count). The summed E-state index contributed by atoms with van der Waals surface area (Å²) in [7, 11) is 4.11. The summed E-state index contributed by atoms with van der Waals surface area (Å²) in [6.07, 6.45) is 5.99. The number of amides is 1. The van der Waals surface area contributed by atoms with Crippen molar-refractivity contribution in [2.75, 3.05) is 41.0 Å². The van der Waals surface area contributed by atoms with Gasteiger partial charge in [-0.25, -0.2) is 4.79 Å². The highest BCUT2D eigenvalue weighted by molar-refractivity contribution is 6.39. The van der Waals surface area contributed by atoms with E-state index in [2.05, 4.69) is 0 Å². The zero-order valence-electron chi connectivity index (χ0n) is 51.4. The van der Waals surface area contributed by atoms with Crippen molar-refractivity contribution in [1.82, 2.24) is 4.90 Å². The largest absolute Gasteiger partial charge is 0.460 e.